The number of carbonyl (C=O) groups is 1. The second kappa shape index (κ2) is 7.67. The van der Waals surface area contributed by atoms with Crippen LogP contribution in [0, 0.1) is 17.7 Å². The van der Waals surface area contributed by atoms with Crippen LogP contribution in [0.25, 0.3) is 10.2 Å². The van der Waals surface area contributed by atoms with Crippen LogP contribution in [0.3, 0.4) is 0 Å². The van der Waals surface area contributed by atoms with Crippen LogP contribution in [-0.2, 0) is 15.2 Å². The highest BCUT2D eigenvalue weighted by Crippen LogP contribution is 2.52. The molecule has 2 saturated carbocycles. The maximum absolute atomic E-state index is 14.7. The van der Waals surface area contributed by atoms with E-state index >= 15 is 0 Å². The van der Waals surface area contributed by atoms with Gasteiger partial charge in [-0.25, -0.2) is 13.8 Å². The third-order valence-electron chi connectivity index (χ3n) is 5.45. The van der Waals surface area contributed by atoms with Gasteiger partial charge in [-0.05, 0) is 56.6 Å². The first kappa shape index (κ1) is 19.7. The van der Waals surface area contributed by atoms with Gasteiger partial charge in [0.1, 0.15) is 10.8 Å². The van der Waals surface area contributed by atoms with E-state index in [2.05, 4.69) is 4.98 Å². The Hall–Kier alpha value is -1.60. The molecule has 0 saturated heterocycles. The first-order valence-corrected chi connectivity index (χ1v) is 10.7. The largest absolute Gasteiger partial charge is 0.490 e. The Labute approximate surface area is 167 Å². The molecule has 1 aromatic heterocycles. The lowest BCUT2D eigenvalue weighted by atomic mass is 9.83. The van der Waals surface area contributed by atoms with E-state index in [1.54, 1.807) is 19.1 Å². The van der Waals surface area contributed by atoms with Gasteiger partial charge in [0.05, 0.1) is 22.9 Å². The van der Waals surface area contributed by atoms with Gasteiger partial charge in [-0.1, -0.05) is 6.92 Å². The third kappa shape index (κ3) is 4.20. The molecule has 7 heteroatoms. The summed E-state index contributed by atoms with van der Waals surface area (Å²) in [5.74, 6) is 0.501. The summed E-state index contributed by atoms with van der Waals surface area (Å²) < 4.78 is 40.8. The zero-order chi connectivity index (χ0) is 19.9. The van der Waals surface area contributed by atoms with Crippen molar-refractivity contribution in [1.29, 1.82) is 0 Å². The highest BCUT2D eigenvalue weighted by atomic mass is 32.1. The van der Waals surface area contributed by atoms with Crippen LogP contribution in [0.5, 0.6) is 5.75 Å². The van der Waals surface area contributed by atoms with E-state index < -0.39 is 11.5 Å². The van der Waals surface area contributed by atoms with Crippen molar-refractivity contribution in [3.05, 3.63) is 23.0 Å². The van der Waals surface area contributed by atoms with Gasteiger partial charge in [-0.15, -0.1) is 11.3 Å². The maximum Gasteiger partial charge on any atom is 0.184 e. The Bertz CT molecular complexity index is 874. The van der Waals surface area contributed by atoms with Gasteiger partial charge in [0, 0.05) is 13.0 Å². The number of aromatic nitrogens is 1. The molecule has 0 unspecified atom stereocenters. The molecule has 28 heavy (non-hydrogen) atoms. The van der Waals surface area contributed by atoms with Crippen molar-refractivity contribution in [3.8, 4) is 5.75 Å². The van der Waals surface area contributed by atoms with E-state index in [1.165, 1.54) is 0 Å². The molecular formula is C21H25F2NO3S. The van der Waals surface area contributed by atoms with Gasteiger partial charge in [0.15, 0.2) is 17.2 Å². The average molecular weight is 409 g/mol. The van der Waals surface area contributed by atoms with E-state index in [9.17, 15) is 13.6 Å². The molecular weight excluding hydrogens is 384 g/mol. The Morgan fingerprint density at radius 1 is 1.39 bits per heavy atom. The highest BCUT2D eigenvalue weighted by Gasteiger charge is 2.48. The van der Waals surface area contributed by atoms with E-state index in [4.69, 9.17) is 9.47 Å². The first-order valence-electron chi connectivity index (χ1n) is 9.86. The number of carbonyl (C=O) groups excluding carboxylic acids is 1. The topological polar surface area (TPSA) is 48.4 Å². The van der Waals surface area contributed by atoms with Crippen molar-refractivity contribution in [3.63, 3.8) is 0 Å². The summed E-state index contributed by atoms with van der Waals surface area (Å²) >= 11 is 1.09. The standard InChI is InChI=1S/C21H25F2NO3S/c1-12(7-13(2)25)10-26-15-8-14(9-15)11-27-17-4-3-16-19(18(17)22)28-20(24-16)21(23)5-6-21/h3-4,12,14-15H,5-11H2,1-2H3/t12-,14?,15?/m1/s1. The molecule has 152 valence electrons. The minimum absolute atomic E-state index is 0.182. The molecule has 1 heterocycles. The van der Waals surface area contributed by atoms with Gasteiger partial charge in [-0.3, -0.25) is 0 Å². The molecule has 4 rings (SSSR count). The van der Waals surface area contributed by atoms with Gasteiger partial charge < -0.3 is 14.3 Å². The number of Topliss-reactive ketones (excluding diaryl/α,β-unsaturated/α-hetero) is 1. The number of ether oxygens (including phenoxy) is 2. The molecule has 0 amide bonds. The van der Waals surface area contributed by atoms with Crippen molar-refractivity contribution < 1.29 is 23.0 Å². The van der Waals surface area contributed by atoms with Crippen molar-refractivity contribution in [2.24, 2.45) is 11.8 Å². The number of thiazole rings is 1. The SMILES string of the molecule is CC(=O)C[C@@H](C)COC1CC(COc2ccc3nc(C4(F)CC4)sc3c2F)C1. The third-order valence-corrected chi connectivity index (χ3v) is 6.70. The summed E-state index contributed by atoms with van der Waals surface area (Å²) in [6.45, 7) is 4.63. The summed E-state index contributed by atoms with van der Waals surface area (Å²) in [5.41, 5.74) is -0.856. The average Bonchev–Trinajstić information content (AvgIpc) is 3.18. The Morgan fingerprint density at radius 2 is 2.14 bits per heavy atom. The molecule has 1 aromatic carbocycles. The zero-order valence-corrected chi connectivity index (χ0v) is 17.0. The number of benzene rings is 1. The van der Waals surface area contributed by atoms with Crippen molar-refractivity contribution in [2.75, 3.05) is 13.2 Å². The van der Waals surface area contributed by atoms with Crippen LogP contribution < -0.4 is 4.74 Å². The Morgan fingerprint density at radius 3 is 2.82 bits per heavy atom. The monoisotopic (exact) mass is 409 g/mol. The van der Waals surface area contributed by atoms with Crippen LogP contribution in [0.2, 0.25) is 0 Å². The summed E-state index contributed by atoms with van der Waals surface area (Å²) in [6.07, 6.45) is 3.44. The predicted octanol–water partition coefficient (Wildman–Crippen LogP) is 5.18. The summed E-state index contributed by atoms with van der Waals surface area (Å²) in [4.78, 5) is 15.3. The Balaban J connectivity index is 1.26. The van der Waals surface area contributed by atoms with Crippen molar-refractivity contribution >= 4 is 27.3 Å². The molecule has 0 spiro atoms. The number of rotatable bonds is 9. The normalized spacial score (nSPS) is 24.0. The number of ketones is 1. The number of fused-ring (bicyclic) bond motifs is 1. The minimum Gasteiger partial charge on any atom is -0.490 e. The fourth-order valence-corrected chi connectivity index (χ4v) is 4.71. The van der Waals surface area contributed by atoms with Crippen molar-refractivity contribution in [1.82, 2.24) is 4.98 Å². The lowest BCUT2D eigenvalue weighted by Gasteiger charge is -2.35. The molecule has 0 N–H and O–H groups in total. The zero-order valence-electron chi connectivity index (χ0n) is 16.2. The van der Waals surface area contributed by atoms with Gasteiger partial charge in [-0.2, -0.15) is 0 Å². The lowest BCUT2D eigenvalue weighted by Crippen LogP contribution is -2.36. The molecule has 2 aromatic rings. The molecule has 1 atom stereocenters. The fourth-order valence-electron chi connectivity index (χ4n) is 3.57. The summed E-state index contributed by atoms with van der Waals surface area (Å²) in [7, 11) is 0. The highest BCUT2D eigenvalue weighted by molar-refractivity contribution is 7.18. The predicted molar refractivity (Wildman–Crippen MR) is 104 cm³/mol. The summed E-state index contributed by atoms with van der Waals surface area (Å²) in [5, 5.41) is 0.372. The van der Waals surface area contributed by atoms with E-state index in [0.717, 1.165) is 24.2 Å². The van der Waals surface area contributed by atoms with Crippen LogP contribution in [0.4, 0.5) is 8.78 Å². The van der Waals surface area contributed by atoms with Crippen LogP contribution in [0.15, 0.2) is 12.1 Å². The molecule has 2 fully saturated rings. The minimum atomic E-state index is -1.35. The molecule has 0 radical (unpaired) electrons. The maximum atomic E-state index is 14.7. The van der Waals surface area contributed by atoms with Gasteiger partial charge in [0.2, 0.25) is 0 Å². The number of nitrogens with zero attached hydrogens (tertiary/aromatic N) is 1. The molecule has 2 aliphatic carbocycles. The molecule has 2 aliphatic rings. The van der Waals surface area contributed by atoms with Gasteiger partial charge >= 0.3 is 0 Å². The quantitative estimate of drug-likeness (QED) is 0.572. The molecule has 0 aliphatic heterocycles. The van der Waals surface area contributed by atoms with Crippen LogP contribution >= 0.6 is 11.3 Å². The number of halogens is 2. The van der Waals surface area contributed by atoms with E-state index in [0.29, 0.717) is 53.6 Å². The van der Waals surface area contributed by atoms with E-state index in [-0.39, 0.29) is 23.6 Å². The van der Waals surface area contributed by atoms with Gasteiger partial charge in [0.25, 0.3) is 0 Å². The van der Waals surface area contributed by atoms with Crippen LogP contribution in [-0.4, -0.2) is 30.1 Å². The number of alkyl halides is 1. The smallest absolute Gasteiger partial charge is 0.184 e. The molecule has 4 nitrogen and oxygen atoms in total. The van der Waals surface area contributed by atoms with Crippen LogP contribution in [0.1, 0.15) is 51.0 Å². The summed E-state index contributed by atoms with van der Waals surface area (Å²) in [6, 6.07) is 3.28. The number of hydrogen-bond donors (Lipinski definition) is 0. The number of hydrogen-bond acceptors (Lipinski definition) is 5. The second-order valence-electron chi connectivity index (χ2n) is 8.33. The molecule has 0 bridgehead atoms. The van der Waals surface area contributed by atoms with Crippen molar-refractivity contribution in [2.45, 2.75) is 57.7 Å². The first-order chi connectivity index (χ1) is 13.3. The Kier molecular flexibility index (Phi) is 5.40. The van der Waals surface area contributed by atoms with E-state index in [1.807, 2.05) is 6.92 Å². The second-order valence-corrected chi connectivity index (χ2v) is 9.32. The lowest BCUT2D eigenvalue weighted by molar-refractivity contribution is -0.119. The fraction of sp³-hybridized carbons (Fsp3) is 0.619.